The van der Waals surface area contributed by atoms with E-state index in [0.717, 1.165) is 36.5 Å². The molecule has 3 aromatic rings. The monoisotopic (exact) mass is 381 g/mol. The summed E-state index contributed by atoms with van der Waals surface area (Å²) in [4.78, 5) is 6.85. The fourth-order valence-corrected chi connectivity index (χ4v) is 3.45. The second-order valence-corrected chi connectivity index (χ2v) is 6.86. The number of benzene rings is 2. The zero-order valence-corrected chi connectivity index (χ0v) is 16.0. The van der Waals surface area contributed by atoms with Crippen molar-refractivity contribution in [1.82, 2.24) is 15.2 Å². The van der Waals surface area contributed by atoms with E-state index in [-0.39, 0.29) is 0 Å². The Labute approximate surface area is 163 Å². The zero-order chi connectivity index (χ0) is 18.8. The second-order valence-electron chi connectivity index (χ2n) is 6.45. The van der Waals surface area contributed by atoms with Crippen molar-refractivity contribution < 1.29 is 4.74 Å². The van der Waals surface area contributed by atoms with Crippen molar-refractivity contribution in [3.05, 3.63) is 58.7 Å². The summed E-state index contributed by atoms with van der Waals surface area (Å²) in [7, 11) is 1.60. The molecule has 1 N–H and O–H groups in total. The number of halogens is 1. The molecule has 0 saturated heterocycles. The van der Waals surface area contributed by atoms with Gasteiger partial charge in [0, 0.05) is 23.3 Å². The van der Waals surface area contributed by atoms with Crippen LogP contribution in [0.4, 0.5) is 23.1 Å². The van der Waals surface area contributed by atoms with Crippen molar-refractivity contribution in [3.63, 3.8) is 0 Å². The first-order valence-electron chi connectivity index (χ1n) is 8.82. The van der Waals surface area contributed by atoms with Gasteiger partial charge in [-0.1, -0.05) is 29.8 Å². The number of anilines is 4. The van der Waals surface area contributed by atoms with Gasteiger partial charge in [0.1, 0.15) is 5.75 Å². The molecule has 1 aliphatic rings. The minimum atomic E-state index is 0.413. The van der Waals surface area contributed by atoms with Gasteiger partial charge in [0.15, 0.2) is 5.82 Å². The van der Waals surface area contributed by atoms with Gasteiger partial charge in [-0.2, -0.15) is 10.1 Å². The summed E-state index contributed by atoms with van der Waals surface area (Å²) in [6.07, 6.45) is 3.85. The molecule has 138 valence electrons. The third-order valence-electron chi connectivity index (χ3n) is 4.66. The van der Waals surface area contributed by atoms with E-state index in [1.807, 2.05) is 19.1 Å². The smallest absolute Gasteiger partial charge is 0.249 e. The topological polar surface area (TPSA) is 63.2 Å². The molecule has 2 aromatic carbocycles. The van der Waals surface area contributed by atoms with Crippen LogP contribution in [0.25, 0.3) is 0 Å². The van der Waals surface area contributed by atoms with Crippen molar-refractivity contribution in [2.24, 2.45) is 0 Å². The van der Waals surface area contributed by atoms with Crippen LogP contribution in [0, 0.1) is 6.92 Å². The molecule has 0 unspecified atom stereocenters. The molecule has 0 atom stereocenters. The lowest BCUT2D eigenvalue weighted by Crippen LogP contribution is -2.25. The SMILES string of the molecule is COc1cc(Cl)c(C)cc1Nc1nncc(N2CCCc3ccccc32)n1. The van der Waals surface area contributed by atoms with Crippen LogP contribution in [0.3, 0.4) is 0 Å². The molecule has 0 amide bonds. The van der Waals surface area contributed by atoms with E-state index in [9.17, 15) is 0 Å². The number of hydrogen-bond donors (Lipinski definition) is 1. The summed E-state index contributed by atoms with van der Waals surface area (Å²) in [5.74, 6) is 1.81. The molecule has 0 fully saturated rings. The predicted molar refractivity (Wildman–Crippen MR) is 108 cm³/mol. The van der Waals surface area contributed by atoms with Crippen molar-refractivity contribution >= 4 is 34.7 Å². The number of hydrogen-bond acceptors (Lipinski definition) is 6. The Morgan fingerprint density at radius 3 is 2.93 bits per heavy atom. The lowest BCUT2D eigenvalue weighted by molar-refractivity contribution is 0.416. The Balaban J connectivity index is 1.66. The third kappa shape index (κ3) is 3.53. The molecule has 6 nitrogen and oxygen atoms in total. The molecule has 27 heavy (non-hydrogen) atoms. The van der Waals surface area contributed by atoms with Gasteiger partial charge < -0.3 is 15.0 Å². The standard InChI is InChI=1S/C20H20ClN5O/c1-13-10-16(18(27-2)11-15(13)21)23-20-24-19(12-22-25-20)26-9-5-7-14-6-3-4-8-17(14)26/h3-4,6,8,10-12H,5,7,9H2,1-2H3,(H,23,24,25). The first-order valence-corrected chi connectivity index (χ1v) is 9.20. The molecular weight excluding hydrogens is 362 g/mol. The molecule has 7 heteroatoms. The van der Waals surface area contributed by atoms with Crippen LogP contribution in [0.5, 0.6) is 5.75 Å². The number of aryl methyl sites for hydroxylation is 2. The molecule has 0 spiro atoms. The molecule has 0 aliphatic carbocycles. The molecule has 0 radical (unpaired) electrons. The van der Waals surface area contributed by atoms with Crippen molar-refractivity contribution in [2.75, 3.05) is 23.9 Å². The zero-order valence-electron chi connectivity index (χ0n) is 15.2. The van der Waals surface area contributed by atoms with Crippen LogP contribution in [-0.2, 0) is 6.42 Å². The summed E-state index contributed by atoms with van der Waals surface area (Å²) >= 11 is 6.18. The van der Waals surface area contributed by atoms with Crippen LogP contribution in [0.1, 0.15) is 17.5 Å². The van der Waals surface area contributed by atoms with E-state index >= 15 is 0 Å². The largest absolute Gasteiger partial charge is 0.495 e. The fraction of sp³-hybridized carbons (Fsp3) is 0.250. The molecule has 1 aliphatic heterocycles. The minimum Gasteiger partial charge on any atom is -0.495 e. The fourth-order valence-electron chi connectivity index (χ4n) is 3.30. The van der Waals surface area contributed by atoms with Gasteiger partial charge in [-0.05, 0) is 43.0 Å². The number of nitrogens with one attached hydrogen (secondary N) is 1. The van der Waals surface area contributed by atoms with Gasteiger partial charge in [-0.25, -0.2) is 0 Å². The van der Waals surface area contributed by atoms with E-state index in [2.05, 4.69) is 43.6 Å². The maximum Gasteiger partial charge on any atom is 0.249 e. The minimum absolute atomic E-state index is 0.413. The molecule has 4 rings (SSSR count). The van der Waals surface area contributed by atoms with Gasteiger partial charge >= 0.3 is 0 Å². The van der Waals surface area contributed by atoms with Crippen molar-refractivity contribution in [2.45, 2.75) is 19.8 Å². The average Bonchev–Trinajstić information content (AvgIpc) is 2.70. The maximum absolute atomic E-state index is 6.18. The van der Waals surface area contributed by atoms with Crippen molar-refractivity contribution in [3.8, 4) is 5.75 Å². The highest BCUT2D eigenvalue weighted by molar-refractivity contribution is 6.31. The van der Waals surface area contributed by atoms with Gasteiger partial charge in [-0.3, -0.25) is 0 Å². The highest BCUT2D eigenvalue weighted by atomic mass is 35.5. The normalized spacial score (nSPS) is 13.2. The first-order chi connectivity index (χ1) is 13.2. The Hall–Kier alpha value is -2.86. The van der Waals surface area contributed by atoms with Crippen molar-refractivity contribution in [1.29, 1.82) is 0 Å². The number of methoxy groups -OCH3 is 1. The first kappa shape index (κ1) is 17.5. The molecular formula is C20H20ClN5O. The quantitative estimate of drug-likeness (QED) is 0.708. The number of aromatic nitrogens is 3. The Morgan fingerprint density at radius 2 is 2.07 bits per heavy atom. The number of fused-ring (bicyclic) bond motifs is 1. The molecule has 0 saturated carbocycles. The number of nitrogens with zero attached hydrogens (tertiary/aromatic N) is 4. The average molecular weight is 382 g/mol. The number of para-hydroxylation sites is 1. The van der Waals surface area contributed by atoms with E-state index in [4.69, 9.17) is 16.3 Å². The summed E-state index contributed by atoms with van der Waals surface area (Å²) in [5, 5.41) is 12.1. The van der Waals surface area contributed by atoms with E-state index in [1.165, 1.54) is 11.3 Å². The van der Waals surface area contributed by atoms with Crippen LogP contribution in [0.2, 0.25) is 5.02 Å². The van der Waals surface area contributed by atoms with Gasteiger partial charge in [0.25, 0.3) is 0 Å². The Morgan fingerprint density at radius 1 is 1.22 bits per heavy atom. The molecule has 1 aromatic heterocycles. The maximum atomic E-state index is 6.18. The van der Waals surface area contributed by atoms with Gasteiger partial charge in [0.2, 0.25) is 5.95 Å². The van der Waals surface area contributed by atoms with E-state index in [0.29, 0.717) is 16.7 Å². The summed E-state index contributed by atoms with van der Waals surface area (Å²) in [6, 6.07) is 12.1. The lowest BCUT2D eigenvalue weighted by Gasteiger charge is -2.30. The lowest BCUT2D eigenvalue weighted by atomic mass is 10.0. The highest BCUT2D eigenvalue weighted by Crippen LogP contribution is 2.34. The molecule has 0 bridgehead atoms. The second kappa shape index (κ2) is 7.40. The Kier molecular flexibility index (Phi) is 4.81. The van der Waals surface area contributed by atoms with Gasteiger partial charge in [-0.15, -0.1) is 5.10 Å². The summed E-state index contributed by atoms with van der Waals surface area (Å²) < 4.78 is 5.41. The van der Waals surface area contributed by atoms with Crippen LogP contribution >= 0.6 is 11.6 Å². The van der Waals surface area contributed by atoms with Gasteiger partial charge in [0.05, 0.1) is 19.0 Å². The summed E-state index contributed by atoms with van der Waals surface area (Å²) in [6.45, 7) is 2.84. The van der Waals surface area contributed by atoms with Crippen LogP contribution in [0.15, 0.2) is 42.6 Å². The highest BCUT2D eigenvalue weighted by Gasteiger charge is 2.20. The van der Waals surface area contributed by atoms with Crippen LogP contribution < -0.4 is 15.0 Å². The number of rotatable bonds is 4. The van der Waals surface area contributed by atoms with E-state index < -0.39 is 0 Å². The summed E-state index contributed by atoms with van der Waals surface area (Å²) in [5.41, 5.74) is 4.19. The molecule has 2 heterocycles. The predicted octanol–water partition coefficient (Wildman–Crippen LogP) is 4.67. The third-order valence-corrected chi connectivity index (χ3v) is 5.07. The van der Waals surface area contributed by atoms with E-state index in [1.54, 1.807) is 19.4 Å². The van der Waals surface area contributed by atoms with Crippen LogP contribution in [-0.4, -0.2) is 28.8 Å². The Bertz CT molecular complexity index is 978. The number of ether oxygens (including phenoxy) is 1.